The first-order valence-corrected chi connectivity index (χ1v) is 9.62. The summed E-state index contributed by atoms with van der Waals surface area (Å²) in [7, 11) is 0. The molecule has 1 fully saturated rings. The lowest BCUT2D eigenvalue weighted by molar-refractivity contribution is 0.0876. The molecule has 0 bridgehead atoms. The van der Waals surface area contributed by atoms with Crippen LogP contribution in [-0.2, 0) is 12.1 Å². The number of amides is 1. The van der Waals surface area contributed by atoms with Crippen molar-refractivity contribution in [3.63, 3.8) is 0 Å². The molecule has 1 aliphatic carbocycles. The van der Waals surface area contributed by atoms with Crippen molar-refractivity contribution in [2.45, 2.75) is 51.1 Å². The van der Waals surface area contributed by atoms with Crippen LogP contribution in [0.5, 0.6) is 0 Å². The van der Waals surface area contributed by atoms with Crippen molar-refractivity contribution in [1.82, 2.24) is 14.9 Å². The van der Waals surface area contributed by atoms with Crippen LogP contribution < -0.4 is 21.9 Å². The lowest BCUT2D eigenvalue weighted by Gasteiger charge is -2.36. The van der Waals surface area contributed by atoms with E-state index in [2.05, 4.69) is 15.6 Å². The van der Waals surface area contributed by atoms with Gasteiger partial charge in [0.1, 0.15) is 27.9 Å². The molecule has 8 heteroatoms. The van der Waals surface area contributed by atoms with Crippen molar-refractivity contribution in [2.75, 3.05) is 11.1 Å². The fraction of sp³-hybridized carbons (Fsp3) is 0.421. The first-order valence-electron chi connectivity index (χ1n) is 9.24. The number of hydrogen-bond donors (Lipinski definition) is 3. The predicted octanol–water partition coefficient (Wildman–Crippen LogP) is 2.80. The molecule has 0 aromatic carbocycles. The molecule has 140 valence electrons. The lowest BCUT2D eigenvalue weighted by Crippen LogP contribution is -2.49. The van der Waals surface area contributed by atoms with Crippen LogP contribution in [0.25, 0.3) is 0 Å². The second kappa shape index (κ2) is 5.48. The number of aromatic nitrogens is 2. The van der Waals surface area contributed by atoms with Crippen LogP contribution >= 0.6 is 11.6 Å². The van der Waals surface area contributed by atoms with Crippen molar-refractivity contribution >= 4 is 34.7 Å². The van der Waals surface area contributed by atoms with Crippen molar-refractivity contribution in [1.29, 1.82) is 0 Å². The number of halogens is 1. The van der Waals surface area contributed by atoms with Gasteiger partial charge in [-0.05, 0) is 43.7 Å². The minimum Gasteiger partial charge on any atom is -0.382 e. The van der Waals surface area contributed by atoms with Crippen molar-refractivity contribution < 1.29 is 4.79 Å². The van der Waals surface area contributed by atoms with E-state index in [-0.39, 0.29) is 17.3 Å². The Morgan fingerprint density at radius 1 is 1.22 bits per heavy atom. The average Bonchev–Trinajstić information content (AvgIpc) is 2.94. The molecule has 0 atom stereocenters. The highest BCUT2D eigenvalue weighted by atomic mass is 35.5. The highest BCUT2D eigenvalue weighted by Gasteiger charge is 2.46. The molecule has 2 aromatic rings. The number of hydrogen-bond acceptors (Lipinski definition) is 5. The van der Waals surface area contributed by atoms with E-state index in [0.29, 0.717) is 28.5 Å². The molecule has 27 heavy (non-hydrogen) atoms. The van der Waals surface area contributed by atoms with Gasteiger partial charge < -0.3 is 16.4 Å². The number of pyridine rings is 2. The van der Waals surface area contributed by atoms with Gasteiger partial charge in [-0.15, -0.1) is 0 Å². The fourth-order valence-electron chi connectivity index (χ4n) is 4.80. The maximum atomic E-state index is 13.5. The first kappa shape index (κ1) is 16.6. The largest absolute Gasteiger partial charge is 0.382 e. The summed E-state index contributed by atoms with van der Waals surface area (Å²) in [6.07, 6.45) is 6.81. The van der Waals surface area contributed by atoms with E-state index >= 15 is 0 Å². The smallest absolute Gasteiger partial charge is 0.277 e. The number of carbonyl (C=O) groups excluding carboxylic acids is 1. The van der Waals surface area contributed by atoms with Gasteiger partial charge in [-0.25, -0.2) is 4.98 Å². The second-order valence-electron chi connectivity index (χ2n) is 7.67. The molecular formula is C19H20ClN5O2. The third-order valence-electron chi connectivity index (χ3n) is 6.16. The lowest BCUT2D eigenvalue weighted by atomic mass is 9.88. The number of nitrogens with one attached hydrogen (secondary N) is 2. The summed E-state index contributed by atoms with van der Waals surface area (Å²) in [6, 6.07) is 0. The molecule has 5 rings (SSSR count). The van der Waals surface area contributed by atoms with Crippen LogP contribution in [0.4, 0.5) is 17.2 Å². The molecule has 4 N–H and O–H groups in total. The van der Waals surface area contributed by atoms with Crippen molar-refractivity contribution in [2.24, 2.45) is 0 Å². The molecule has 1 spiro atoms. The Labute approximate surface area is 160 Å². The van der Waals surface area contributed by atoms with Gasteiger partial charge in [-0.2, -0.15) is 0 Å². The maximum Gasteiger partial charge on any atom is 0.277 e. The Morgan fingerprint density at radius 3 is 2.70 bits per heavy atom. The standard InChI is InChI=1S/C19H20ClN5O2/c1-9-11-7-10-8-22-16(21)12(20)13(10)23-14(11)18(27)25-15(9)17(26)24-19(25)5-3-2-4-6-19/h8,23H,2-7H2,1H3,(H2,21,22)(H,24,26). The number of fused-ring (bicyclic) bond motifs is 4. The number of anilines is 3. The number of carbonyl (C=O) groups is 1. The van der Waals surface area contributed by atoms with Crippen LogP contribution in [0, 0.1) is 6.92 Å². The summed E-state index contributed by atoms with van der Waals surface area (Å²) in [4.78, 5) is 30.4. The quantitative estimate of drug-likeness (QED) is 0.552. The van der Waals surface area contributed by atoms with Crippen LogP contribution in [0.3, 0.4) is 0 Å². The zero-order valence-electron chi connectivity index (χ0n) is 15.0. The second-order valence-corrected chi connectivity index (χ2v) is 8.05. The number of nitrogen functional groups attached to an aromatic ring is 1. The SMILES string of the molecule is Cc1c2c(c(=O)n3c1C(=O)NC31CCCCC1)Nc1c(cnc(N)c1Cl)C2. The summed E-state index contributed by atoms with van der Waals surface area (Å²) in [6.45, 7) is 1.91. The Hall–Kier alpha value is -2.54. The topological polar surface area (TPSA) is 102 Å². The van der Waals surface area contributed by atoms with Gasteiger partial charge in [-0.1, -0.05) is 18.0 Å². The number of nitrogens with two attached hydrogens (primary N) is 1. The molecule has 2 aliphatic heterocycles. The number of rotatable bonds is 0. The predicted molar refractivity (Wildman–Crippen MR) is 104 cm³/mol. The zero-order chi connectivity index (χ0) is 18.9. The van der Waals surface area contributed by atoms with E-state index in [4.69, 9.17) is 17.3 Å². The van der Waals surface area contributed by atoms with E-state index in [0.717, 1.165) is 48.8 Å². The molecule has 2 aromatic heterocycles. The summed E-state index contributed by atoms with van der Waals surface area (Å²) in [5.74, 6) is 0.0681. The van der Waals surface area contributed by atoms with Gasteiger partial charge in [0.15, 0.2) is 0 Å². The first-order chi connectivity index (χ1) is 12.9. The van der Waals surface area contributed by atoms with Gasteiger partial charge in [0, 0.05) is 18.2 Å². The molecule has 7 nitrogen and oxygen atoms in total. The van der Waals surface area contributed by atoms with Crippen molar-refractivity contribution in [3.05, 3.63) is 44.0 Å². The summed E-state index contributed by atoms with van der Waals surface area (Å²) < 4.78 is 1.69. The van der Waals surface area contributed by atoms with Crippen molar-refractivity contribution in [3.8, 4) is 0 Å². The molecule has 4 heterocycles. The molecular weight excluding hydrogens is 366 g/mol. The molecule has 1 amide bonds. The fourth-order valence-corrected chi connectivity index (χ4v) is 5.02. The maximum absolute atomic E-state index is 13.5. The molecule has 1 saturated carbocycles. The number of nitrogens with zero attached hydrogens (tertiary/aromatic N) is 2. The van der Waals surface area contributed by atoms with E-state index in [1.807, 2.05) is 6.92 Å². The molecule has 0 unspecified atom stereocenters. The average molecular weight is 386 g/mol. The normalized spacial score (nSPS) is 19.1. The summed E-state index contributed by atoms with van der Waals surface area (Å²) >= 11 is 6.33. The third-order valence-corrected chi connectivity index (χ3v) is 6.55. The Morgan fingerprint density at radius 2 is 1.96 bits per heavy atom. The van der Waals surface area contributed by atoms with Gasteiger partial charge in [0.25, 0.3) is 11.5 Å². The monoisotopic (exact) mass is 385 g/mol. The van der Waals surface area contributed by atoms with Crippen LogP contribution in [0.15, 0.2) is 11.0 Å². The Balaban J connectivity index is 1.76. The highest BCUT2D eigenvalue weighted by Crippen LogP contribution is 2.42. The summed E-state index contributed by atoms with van der Waals surface area (Å²) in [5, 5.41) is 6.64. The summed E-state index contributed by atoms with van der Waals surface area (Å²) in [5.41, 5.74) is 9.16. The van der Waals surface area contributed by atoms with E-state index in [9.17, 15) is 9.59 Å². The third kappa shape index (κ3) is 2.12. The zero-order valence-corrected chi connectivity index (χ0v) is 15.7. The van der Waals surface area contributed by atoms with Crippen LogP contribution in [-0.4, -0.2) is 15.5 Å². The Kier molecular flexibility index (Phi) is 3.37. The van der Waals surface area contributed by atoms with E-state index < -0.39 is 5.66 Å². The molecule has 3 aliphatic rings. The molecule has 0 radical (unpaired) electrons. The minimum absolute atomic E-state index is 0.159. The van der Waals surface area contributed by atoms with Gasteiger partial charge in [0.2, 0.25) is 0 Å². The minimum atomic E-state index is -0.607. The van der Waals surface area contributed by atoms with Gasteiger partial charge in [0.05, 0.1) is 5.69 Å². The van der Waals surface area contributed by atoms with E-state index in [1.54, 1.807) is 10.8 Å². The van der Waals surface area contributed by atoms with Gasteiger partial charge in [-0.3, -0.25) is 14.2 Å². The highest BCUT2D eigenvalue weighted by molar-refractivity contribution is 6.35. The van der Waals surface area contributed by atoms with E-state index in [1.165, 1.54) is 0 Å². The van der Waals surface area contributed by atoms with Gasteiger partial charge >= 0.3 is 0 Å². The Bertz CT molecular complexity index is 1070. The molecule has 0 saturated heterocycles. The van der Waals surface area contributed by atoms with Crippen LogP contribution in [0.1, 0.15) is 59.3 Å². The van der Waals surface area contributed by atoms with Crippen LogP contribution in [0.2, 0.25) is 5.02 Å².